The quantitative estimate of drug-likeness (QED) is 0.805. The first-order chi connectivity index (χ1) is 11.5. The van der Waals surface area contributed by atoms with Gasteiger partial charge in [0, 0.05) is 11.0 Å². The van der Waals surface area contributed by atoms with Crippen LogP contribution in [-0.4, -0.2) is 26.5 Å². The number of benzene rings is 2. The van der Waals surface area contributed by atoms with Crippen molar-refractivity contribution in [1.82, 2.24) is 0 Å². The molecule has 2 aromatic rings. The van der Waals surface area contributed by atoms with Crippen LogP contribution in [0.2, 0.25) is 0 Å². The number of aldehydes is 2. The normalized spacial score (nSPS) is 12.0. The number of hydrogen-bond donors (Lipinski definition) is 0. The monoisotopic (exact) mass is 328 g/mol. The second-order valence-corrected chi connectivity index (χ2v) is 5.80. The Morgan fingerprint density at radius 3 is 2.25 bits per heavy atom. The Hall–Kier alpha value is -2.82. The first-order valence-corrected chi connectivity index (χ1v) is 7.46. The van der Waals surface area contributed by atoms with E-state index in [0.717, 1.165) is 35.4 Å². The van der Waals surface area contributed by atoms with Crippen molar-refractivity contribution >= 4 is 12.6 Å². The highest BCUT2D eigenvalue weighted by Gasteiger charge is 2.23. The molecule has 1 heterocycles. The first kappa shape index (κ1) is 17.5. The molecule has 0 atom stereocenters. The molecule has 0 amide bonds. The molecular formula is C19H20O5. The SMILES string of the molecule is CC(C)(C=O)c1ccc2c(c1)OCO2.COc1ccc(C=O)cc1. The summed E-state index contributed by atoms with van der Waals surface area (Å²) in [5.41, 5.74) is 1.14. The van der Waals surface area contributed by atoms with E-state index in [2.05, 4.69) is 0 Å². The molecule has 0 aromatic heterocycles. The van der Waals surface area contributed by atoms with Gasteiger partial charge in [0.1, 0.15) is 18.3 Å². The van der Waals surface area contributed by atoms with E-state index in [4.69, 9.17) is 14.2 Å². The van der Waals surface area contributed by atoms with E-state index >= 15 is 0 Å². The number of fused-ring (bicyclic) bond motifs is 1. The zero-order valence-electron chi connectivity index (χ0n) is 13.9. The maximum Gasteiger partial charge on any atom is 0.231 e. The van der Waals surface area contributed by atoms with Gasteiger partial charge in [0.15, 0.2) is 11.5 Å². The van der Waals surface area contributed by atoms with Crippen LogP contribution in [0.1, 0.15) is 29.8 Å². The van der Waals surface area contributed by atoms with Crippen molar-refractivity contribution in [2.45, 2.75) is 19.3 Å². The molecule has 0 spiro atoms. The Kier molecular flexibility index (Phi) is 5.58. The summed E-state index contributed by atoms with van der Waals surface area (Å²) in [6.45, 7) is 4.01. The van der Waals surface area contributed by atoms with Crippen molar-refractivity contribution in [3.63, 3.8) is 0 Å². The maximum atomic E-state index is 10.9. The predicted octanol–water partition coefficient (Wildman–Crippen LogP) is 3.40. The summed E-state index contributed by atoms with van der Waals surface area (Å²) >= 11 is 0. The second-order valence-electron chi connectivity index (χ2n) is 5.80. The fraction of sp³-hybridized carbons (Fsp3) is 0.263. The highest BCUT2D eigenvalue weighted by Crippen LogP contribution is 2.35. The minimum Gasteiger partial charge on any atom is -0.497 e. The zero-order valence-corrected chi connectivity index (χ0v) is 13.9. The minimum absolute atomic E-state index is 0.264. The van der Waals surface area contributed by atoms with Crippen LogP contribution in [0.15, 0.2) is 42.5 Å². The van der Waals surface area contributed by atoms with Gasteiger partial charge in [-0.05, 0) is 55.8 Å². The van der Waals surface area contributed by atoms with E-state index in [9.17, 15) is 9.59 Å². The number of methoxy groups -OCH3 is 1. The highest BCUT2D eigenvalue weighted by atomic mass is 16.7. The third kappa shape index (κ3) is 4.13. The van der Waals surface area contributed by atoms with Gasteiger partial charge in [0.2, 0.25) is 6.79 Å². The van der Waals surface area contributed by atoms with Crippen LogP contribution in [0.4, 0.5) is 0 Å². The number of carbonyl (C=O) groups is 2. The molecule has 5 heteroatoms. The standard InChI is InChI=1S/C11H12O3.C8H8O2/c1-11(2,6-12)8-3-4-9-10(5-8)14-7-13-9;1-10-8-4-2-7(6-9)3-5-8/h3-6H,7H2,1-2H3;2-6H,1H3. The number of hydrogen-bond acceptors (Lipinski definition) is 5. The average Bonchev–Trinajstić information content (AvgIpc) is 3.10. The van der Waals surface area contributed by atoms with E-state index in [1.807, 2.05) is 32.0 Å². The Labute approximate surface area is 141 Å². The number of ether oxygens (including phenoxy) is 3. The molecule has 1 aliphatic heterocycles. The molecule has 0 saturated heterocycles. The predicted molar refractivity (Wildman–Crippen MR) is 90.0 cm³/mol. The molecule has 3 rings (SSSR count). The van der Waals surface area contributed by atoms with Crippen LogP contribution in [0, 0.1) is 0 Å². The van der Waals surface area contributed by atoms with Crippen LogP contribution in [0.3, 0.4) is 0 Å². The lowest BCUT2D eigenvalue weighted by atomic mass is 9.86. The van der Waals surface area contributed by atoms with E-state index in [1.54, 1.807) is 31.4 Å². The van der Waals surface area contributed by atoms with E-state index < -0.39 is 5.41 Å². The van der Waals surface area contributed by atoms with Crippen LogP contribution in [0.5, 0.6) is 17.2 Å². The first-order valence-electron chi connectivity index (χ1n) is 7.46. The lowest BCUT2D eigenvalue weighted by Crippen LogP contribution is -2.18. The minimum atomic E-state index is -0.471. The van der Waals surface area contributed by atoms with Gasteiger partial charge in [-0.3, -0.25) is 4.79 Å². The van der Waals surface area contributed by atoms with Crippen molar-refractivity contribution < 1.29 is 23.8 Å². The number of carbonyl (C=O) groups excluding carboxylic acids is 2. The Morgan fingerprint density at radius 2 is 1.67 bits per heavy atom. The van der Waals surface area contributed by atoms with Crippen molar-refractivity contribution in [3.8, 4) is 17.2 Å². The van der Waals surface area contributed by atoms with E-state index in [1.165, 1.54) is 0 Å². The van der Waals surface area contributed by atoms with Crippen LogP contribution >= 0.6 is 0 Å². The Morgan fingerprint density at radius 1 is 1.00 bits per heavy atom. The summed E-state index contributed by atoms with van der Waals surface area (Å²) in [6.07, 6.45) is 1.74. The summed E-state index contributed by atoms with van der Waals surface area (Å²) in [6, 6.07) is 12.5. The van der Waals surface area contributed by atoms with Crippen molar-refractivity contribution in [3.05, 3.63) is 53.6 Å². The third-order valence-corrected chi connectivity index (χ3v) is 3.66. The number of rotatable bonds is 4. The molecule has 0 fully saturated rings. The second kappa shape index (κ2) is 7.64. The van der Waals surface area contributed by atoms with Crippen LogP contribution < -0.4 is 14.2 Å². The average molecular weight is 328 g/mol. The summed E-state index contributed by atoms with van der Waals surface area (Å²) in [7, 11) is 1.59. The molecule has 0 saturated carbocycles. The van der Waals surface area contributed by atoms with Gasteiger partial charge in [-0.2, -0.15) is 0 Å². The summed E-state index contributed by atoms with van der Waals surface area (Å²) in [5, 5.41) is 0. The molecule has 1 aliphatic rings. The van der Waals surface area contributed by atoms with Crippen molar-refractivity contribution in [2.75, 3.05) is 13.9 Å². The lowest BCUT2D eigenvalue weighted by molar-refractivity contribution is -0.111. The Balaban J connectivity index is 0.000000185. The molecule has 5 nitrogen and oxygen atoms in total. The largest absolute Gasteiger partial charge is 0.497 e. The molecule has 0 radical (unpaired) electrons. The summed E-state index contributed by atoms with van der Waals surface area (Å²) < 4.78 is 15.3. The fourth-order valence-corrected chi connectivity index (χ4v) is 2.05. The van der Waals surface area contributed by atoms with Gasteiger partial charge >= 0.3 is 0 Å². The molecular weight excluding hydrogens is 308 g/mol. The lowest BCUT2D eigenvalue weighted by Gasteiger charge is -2.17. The van der Waals surface area contributed by atoms with Gasteiger partial charge in [0.25, 0.3) is 0 Å². The third-order valence-electron chi connectivity index (χ3n) is 3.66. The topological polar surface area (TPSA) is 61.8 Å². The van der Waals surface area contributed by atoms with Gasteiger partial charge in [-0.15, -0.1) is 0 Å². The molecule has 0 N–H and O–H groups in total. The Bertz CT molecular complexity index is 704. The van der Waals surface area contributed by atoms with Gasteiger partial charge in [-0.25, -0.2) is 0 Å². The fourth-order valence-electron chi connectivity index (χ4n) is 2.05. The molecule has 0 bridgehead atoms. The van der Waals surface area contributed by atoms with Crippen molar-refractivity contribution in [2.24, 2.45) is 0 Å². The maximum absolute atomic E-state index is 10.9. The van der Waals surface area contributed by atoms with Crippen LogP contribution in [0.25, 0.3) is 0 Å². The van der Waals surface area contributed by atoms with E-state index in [0.29, 0.717) is 5.56 Å². The molecule has 126 valence electrons. The van der Waals surface area contributed by atoms with Gasteiger partial charge < -0.3 is 19.0 Å². The van der Waals surface area contributed by atoms with Crippen molar-refractivity contribution in [1.29, 1.82) is 0 Å². The van der Waals surface area contributed by atoms with Gasteiger partial charge in [0.05, 0.1) is 7.11 Å². The molecule has 0 aliphatic carbocycles. The molecule has 24 heavy (non-hydrogen) atoms. The smallest absolute Gasteiger partial charge is 0.231 e. The summed E-state index contributed by atoms with van der Waals surface area (Å²) in [5.74, 6) is 2.23. The molecule has 0 unspecified atom stereocenters. The molecule has 2 aromatic carbocycles. The van der Waals surface area contributed by atoms with Crippen LogP contribution in [-0.2, 0) is 10.2 Å². The highest BCUT2D eigenvalue weighted by molar-refractivity contribution is 5.74. The summed E-state index contributed by atoms with van der Waals surface area (Å²) in [4.78, 5) is 21.0. The zero-order chi connectivity index (χ0) is 17.6. The van der Waals surface area contributed by atoms with E-state index in [-0.39, 0.29) is 6.79 Å². The van der Waals surface area contributed by atoms with Gasteiger partial charge in [-0.1, -0.05) is 6.07 Å².